The van der Waals surface area contributed by atoms with Gasteiger partial charge < -0.3 is 19.5 Å². The molecule has 1 N–H and O–H groups in total. The summed E-state index contributed by atoms with van der Waals surface area (Å²) in [6, 6.07) is 7.88. The van der Waals surface area contributed by atoms with E-state index in [0.29, 0.717) is 32.8 Å². The standard InChI is InChI=1S/C17H27NO4/c1-17(2,14-7-5-6-8-15(14)21-4)13-18-16(19)9-10-22-12-11-20-3/h5-8H,9-13H2,1-4H3,(H,18,19). The van der Waals surface area contributed by atoms with Gasteiger partial charge in [0, 0.05) is 31.1 Å². The van der Waals surface area contributed by atoms with Crippen molar-refractivity contribution < 1.29 is 19.0 Å². The molecule has 124 valence electrons. The second-order valence-electron chi connectivity index (χ2n) is 5.72. The van der Waals surface area contributed by atoms with Gasteiger partial charge in [0.25, 0.3) is 0 Å². The number of hydrogen-bond acceptors (Lipinski definition) is 4. The summed E-state index contributed by atoms with van der Waals surface area (Å²) in [5.74, 6) is 0.824. The van der Waals surface area contributed by atoms with Gasteiger partial charge in [-0.3, -0.25) is 4.79 Å². The van der Waals surface area contributed by atoms with Gasteiger partial charge in [0.15, 0.2) is 0 Å². The number of para-hydroxylation sites is 1. The van der Waals surface area contributed by atoms with Crippen molar-refractivity contribution in [1.82, 2.24) is 5.32 Å². The maximum absolute atomic E-state index is 11.9. The van der Waals surface area contributed by atoms with Gasteiger partial charge in [-0.25, -0.2) is 0 Å². The largest absolute Gasteiger partial charge is 0.496 e. The summed E-state index contributed by atoms with van der Waals surface area (Å²) in [4.78, 5) is 11.9. The highest BCUT2D eigenvalue weighted by atomic mass is 16.5. The smallest absolute Gasteiger partial charge is 0.222 e. The molecule has 1 aromatic rings. The zero-order valence-electron chi connectivity index (χ0n) is 14.0. The maximum atomic E-state index is 11.9. The number of amides is 1. The number of ether oxygens (including phenoxy) is 3. The molecule has 1 amide bonds. The number of rotatable bonds is 10. The topological polar surface area (TPSA) is 56.8 Å². The van der Waals surface area contributed by atoms with E-state index in [9.17, 15) is 4.79 Å². The predicted octanol–water partition coefficient (Wildman–Crippen LogP) is 2.14. The molecule has 0 spiro atoms. The van der Waals surface area contributed by atoms with Crippen LogP contribution in [0, 0.1) is 0 Å². The van der Waals surface area contributed by atoms with E-state index in [1.165, 1.54) is 0 Å². The minimum absolute atomic E-state index is 0.0135. The highest BCUT2D eigenvalue weighted by Crippen LogP contribution is 2.30. The first-order valence-corrected chi connectivity index (χ1v) is 7.48. The Balaban J connectivity index is 2.43. The molecular formula is C17H27NO4. The zero-order valence-corrected chi connectivity index (χ0v) is 14.0. The summed E-state index contributed by atoms with van der Waals surface area (Å²) in [7, 11) is 3.28. The van der Waals surface area contributed by atoms with Crippen molar-refractivity contribution in [3.8, 4) is 5.75 Å². The first-order chi connectivity index (χ1) is 10.5. The second kappa shape index (κ2) is 9.43. The van der Waals surface area contributed by atoms with E-state index >= 15 is 0 Å². The van der Waals surface area contributed by atoms with Crippen molar-refractivity contribution in [1.29, 1.82) is 0 Å². The Kier molecular flexibility index (Phi) is 7.91. The molecule has 0 bridgehead atoms. The van der Waals surface area contributed by atoms with Gasteiger partial charge in [-0.2, -0.15) is 0 Å². The van der Waals surface area contributed by atoms with Crippen LogP contribution >= 0.6 is 0 Å². The molecule has 0 aliphatic rings. The number of carbonyl (C=O) groups is 1. The molecule has 22 heavy (non-hydrogen) atoms. The molecule has 5 heteroatoms. The lowest BCUT2D eigenvalue weighted by Crippen LogP contribution is -2.37. The van der Waals surface area contributed by atoms with Crippen LogP contribution in [0.25, 0.3) is 0 Å². The summed E-state index contributed by atoms with van der Waals surface area (Å²) in [5, 5.41) is 2.96. The van der Waals surface area contributed by atoms with Crippen LogP contribution in [0.4, 0.5) is 0 Å². The van der Waals surface area contributed by atoms with Crippen LogP contribution in [-0.4, -0.2) is 46.5 Å². The fourth-order valence-electron chi connectivity index (χ4n) is 2.12. The Morgan fingerprint density at radius 1 is 1.14 bits per heavy atom. The van der Waals surface area contributed by atoms with Gasteiger partial charge in [-0.15, -0.1) is 0 Å². The first kappa shape index (κ1) is 18.5. The van der Waals surface area contributed by atoms with Crippen LogP contribution in [0.1, 0.15) is 25.8 Å². The van der Waals surface area contributed by atoms with Crippen LogP contribution in [0.2, 0.25) is 0 Å². The van der Waals surface area contributed by atoms with Gasteiger partial charge in [-0.1, -0.05) is 32.0 Å². The normalized spacial score (nSPS) is 11.3. The molecule has 0 heterocycles. The minimum atomic E-state index is -0.209. The maximum Gasteiger partial charge on any atom is 0.222 e. The number of hydrogen-bond donors (Lipinski definition) is 1. The van der Waals surface area contributed by atoms with Crippen LogP contribution in [0.15, 0.2) is 24.3 Å². The van der Waals surface area contributed by atoms with E-state index in [-0.39, 0.29) is 11.3 Å². The summed E-state index contributed by atoms with van der Waals surface area (Å²) < 4.78 is 15.6. The average Bonchev–Trinajstić information content (AvgIpc) is 2.52. The molecule has 0 saturated carbocycles. The highest BCUT2D eigenvalue weighted by Gasteiger charge is 2.24. The Bertz CT molecular complexity index is 460. The molecule has 0 saturated heterocycles. The first-order valence-electron chi connectivity index (χ1n) is 7.48. The third kappa shape index (κ3) is 6.03. The van der Waals surface area contributed by atoms with Crippen molar-refractivity contribution in [2.45, 2.75) is 25.7 Å². The number of carbonyl (C=O) groups excluding carboxylic acids is 1. The van der Waals surface area contributed by atoms with Crippen molar-refractivity contribution in [3.63, 3.8) is 0 Å². The van der Waals surface area contributed by atoms with Crippen molar-refractivity contribution >= 4 is 5.91 Å². The predicted molar refractivity (Wildman–Crippen MR) is 86.3 cm³/mol. The molecule has 5 nitrogen and oxygen atoms in total. The Morgan fingerprint density at radius 2 is 1.86 bits per heavy atom. The minimum Gasteiger partial charge on any atom is -0.496 e. The quantitative estimate of drug-likeness (QED) is 0.673. The monoisotopic (exact) mass is 309 g/mol. The third-order valence-electron chi connectivity index (χ3n) is 3.47. The molecule has 0 radical (unpaired) electrons. The van der Waals surface area contributed by atoms with E-state index in [4.69, 9.17) is 14.2 Å². The van der Waals surface area contributed by atoms with Gasteiger partial charge >= 0.3 is 0 Å². The van der Waals surface area contributed by atoms with Crippen molar-refractivity contribution in [2.75, 3.05) is 40.6 Å². The second-order valence-corrected chi connectivity index (χ2v) is 5.72. The molecule has 0 fully saturated rings. The molecule has 1 aromatic carbocycles. The molecule has 0 atom stereocenters. The van der Waals surface area contributed by atoms with Crippen LogP contribution < -0.4 is 10.1 Å². The summed E-state index contributed by atoms with van der Waals surface area (Å²) in [5.41, 5.74) is 0.869. The third-order valence-corrected chi connectivity index (χ3v) is 3.47. The molecular weight excluding hydrogens is 282 g/mol. The fourth-order valence-corrected chi connectivity index (χ4v) is 2.12. The van der Waals surface area contributed by atoms with Crippen molar-refractivity contribution in [2.24, 2.45) is 0 Å². The Labute approximate surface area is 132 Å². The molecule has 0 aliphatic heterocycles. The highest BCUT2D eigenvalue weighted by molar-refractivity contribution is 5.76. The van der Waals surface area contributed by atoms with E-state index in [2.05, 4.69) is 19.2 Å². The fraction of sp³-hybridized carbons (Fsp3) is 0.588. The molecule has 0 aliphatic carbocycles. The van der Waals surface area contributed by atoms with Gasteiger partial charge in [-0.05, 0) is 6.07 Å². The van der Waals surface area contributed by atoms with E-state index in [1.807, 2.05) is 24.3 Å². The van der Waals surface area contributed by atoms with Crippen molar-refractivity contribution in [3.05, 3.63) is 29.8 Å². The Morgan fingerprint density at radius 3 is 2.55 bits per heavy atom. The van der Waals surface area contributed by atoms with Gasteiger partial charge in [0.1, 0.15) is 5.75 Å². The lowest BCUT2D eigenvalue weighted by molar-refractivity contribution is -0.122. The van der Waals surface area contributed by atoms with Gasteiger partial charge in [0.05, 0.1) is 26.9 Å². The SMILES string of the molecule is COCCOCCC(=O)NCC(C)(C)c1ccccc1OC. The number of benzene rings is 1. The number of methoxy groups -OCH3 is 2. The summed E-state index contributed by atoms with van der Waals surface area (Å²) in [6.07, 6.45) is 0.353. The summed E-state index contributed by atoms with van der Waals surface area (Å²) in [6.45, 7) is 6.17. The van der Waals surface area contributed by atoms with E-state index < -0.39 is 0 Å². The van der Waals surface area contributed by atoms with Crippen LogP contribution in [0.3, 0.4) is 0 Å². The Hall–Kier alpha value is -1.59. The lowest BCUT2D eigenvalue weighted by atomic mass is 9.84. The molecule has 0 unspecified atom stereocenters. The van der Waals surface area contributed by atoms with E-state index in [0.717, 1.165) is 11.3 Å². The number of nitrogens with one attached hydrogen (secondary N) is 1. The molecule has 1 rings (SSSR count). The van der Waals surface area contributed by atoms with Crippen LogP contribution in [-0.2, 0) is 19.7 Å². The molecule has 0 aromatic heterocycles. The lowest BCUT2D eigenvalue weighted by Gasteiger charge is -2.27. The zero-order chi connectivity index (χ0) is 16.4. The average molecular weight is 309 g/mol. The van der Waals surface area contributed by atoms with Crippen LogP contribution in [0.5, 0.6) is 5.75 Å². The van der Waals surface area contributed by atoms with E-state index in [1.54, 1.807) is 14.2 Å². The summed E-state index contributed by atoms with van der Waals surface area (Å²) >= 11 is 0. The van der Waals surface area contributed by atoms with Gasteiger partial charge in [0.2, 0.25) is 5.91 Å².